The quantitative estimate of drug-likeness (QED) is 0.322. The largest absolute Gasteiger partial charge is 0.444 e. The zero-order valence-corrected chi connectivity index (χ0v) is 22.8. The fourth-order valence-electron chi connectivity index (χ4n) is 4.59. The van der Waals surface area contributed by atoms with Crippen LogP contribution in [-0.2, 0) is 14.3 Å². The van der Waals surface area contributed by atoms with E-state index < -0.39 is 35.3 Å². The molecule has 2 N–H and O–H groups in total. The number of allylic oxidation sites excluding steroid dienone is 1. The summed E-state index contributed by atoms with van der Waals surface area (Å²) in [4.78, 5) is 62.0. The molecule has 9 nitrogen and oxygen atoms in total. The number of nitrogens with zero attached hydrogens (tertiary/aromatic N) is 1. The Balaban J connectivity index is 1.39. The topological polar surface area (TPSA) is 122 Å². The molecule has 2 aliphatic rings. The van der Waals surface area contributed by atoms with E-state index >= 15 is 0 Å². The van der Waals surface area contributed by atoms with Gasteiger partial charge in [-0.3, -0.25) is 29.4 Å². The van der Waals surface area contributed by atoms with Crippen LogP contribution in [0, 0.1) is 5.92 Å². The SMILES string of the molecule is CC(/C=C/c1ccc2c(c1)C(=O)N(C1CCC(=O)NC1=O)C2=O)CCCCCCCNC(=O)OC(C)(C)C. The Hall–Kier alpha value is -3.49. The van der Waals surface area contributed by atoms with Gasteiger partial charge < -0.3 is 10.1 Å². The number of rotatable bonds is 11. The summed E-state index contributed by atoms with van der Waals surface area (Å²) in [7, 11) is 0. The number of hydrogen-bond donors (Lipinski definition) is 2. The molecule has 1 aromatic carbocycles. The van der Waals surface area contributed by atoms with Crippen LogP contribution in [0.15, 0.2) is 24.3 Å². The van der Waals surface area contributed by atoms with E-state index in [2.05, 4.69) is 23.6 Å². The summed E-state index contributed by atoms with van der Waals surface area (Å²) in [6.07, 6.45) is 10.3. The summed E-state index contributed by atoms with van der Waals surface area (Å²) < 4.78 is 5.22. The predicted molar refractivity (Wildman–Crippen MR) is 143 cm³/mol. The van der Waals surface area contributed by atoms with E-state index in [1.807, 2.05) is 26.8 Å². The lowest BCUT2D eigenvalue weighted by Crippen LogP contribution is -2.54. The van der Waals surface area contributed by atoms with Crippen molar-refractivity contribution in [3.05, 3.63) is 41.0 Å². The molecule has 5 amide bonds. The molecule has 0 radical (unpaired) electrons. The molecular formula is C29H39N3O6. The number of hydrogen-bond acceptors (Lipinski definition) is 6. The lowest BCUT2D eigenvalue weighted by atomic mass is 9.99. The maximum absolute atomic E-state index is 13.0. The van der Waals surface area contributed by atoms with Gasteiger partial charge in [0.05, 0.1) is 11.1 Å². The van der Waals surface area contributed by atoms with Gasteiger partial charge in [0.1, 0.15) is 11.6 Å². The number of fused-ring (bicyclic) bond motifs is 1. The van der Waals surface area contributed by atoms with Gasteiger partial charge in [0.2, 0.25) is 11.8 Å². The van der Waals surface area contributed by atoms with Gasteiger partial charge in [0.15, 0.2) is 0 Å². The number of imide groups is 2. The highest BCUT2D eigenvalue weighted by Crippen LogP contribution is 2.29. The van der Waals surface area contributed by atoms with Crippen molar-refractivity contribution in [2.45, 2.75) is 90.7 Å². The minimum absolute atomic E-state index is 0.0982. The highest BCUT2D eigenvalue weighted by atomic mass is 16.6. The highest BCUT2D eigenvalue weighted by Gasteiger charge is 2.44. The maximum atomic E-state index is 13.0. The third-order valence-electron chi connectivity index (χ3n) is 6.59. The molecule has 0 aromatic heterocycles. The van der Waals surface area contributed by atoms with Crippen LogP contribution in [0.25, 0.3) is 6.08 Å². The molecule has 38 heavy (non-hydrogen) atoms. The van der Waals surface area contributed by atoms with Crippen molar-refractivity contribution in [2.75, 3.05) is 6.54 Å². The van der Waals surface area contributed by atoms with E-state index in [1.165, 1.54) is 0 Å². The lowest BCUT2D eigenvalue weighted by molar-refractivity contribution is -0.136. The van der Waals surface area contributed by atoms with E-state index in [0.29, 0.717) is 12.5 Å². The van der Waals surface area contributed by atoms with Crippen LogP contribution in [0.4, 0.5) is 4.79 Å². The number of carbonyl (C=O) groups is 5. The van der Waals surface area contributed by atoms with Crippen LogP contribution in [0.2, 0.25) is 0 Å². The fourth-order valence-corrected chi connectivity index (χ4v) is 4.59. The van der Waals surface area contributed by atoms with E-state index in [4.69, 9.17) is 4.74 Å². The first kappa shape index (κ1) is 29.1. The Kier molecular flexibility index (Phi) is 9.83. The highest BCUT2D eigenvalue weighted by molar-refractivity contribution is 6.23. The summed E-state index contributed by atoms with van der Waals surface area (Å²) in [5.41, 5.74) is 0.909. The minimum atomic E-state index is -0.958. The van der Waals surface area contributed by atoms with Gasteiger partial charge in [-0.15, -0.1) is 0 Å². The van der Waals surface area contributed by atoms with Crippen molar-refractivity contribution in [2.24, 2.45) is 5.92 Å². The first-order valence-electron chi connectivity index (χ1n) is 13.5. The number of benzene rings is 1. The normalized spacial score (nSPS) is 18.5. The van der Waals surface area contributed by atoms with Crippen LogP contribution < -0.4 is 10.6 Å². The van der Waals surface area contributed by atoms with Gasteiger partial charge in [-0.05, 0) is 63.6 Å². The number of piperidine rings is 1. The third kappa shape index (κ3) is 8.00. The van der Waals surface area contributed by atoms with Crippen molar-refractivity contribution >= 4 is 35.8 Å². The molecule has 0 aliphatic carbocycles. The summed E-state index contributed by atoms with van der Waals surface area (Å²) in [5, 5.41) is 4.99. The minimum Gasteiger partial charge on any atom is -0.444 e. The van der Waals surface area contributed by atoms with Crippen LogP contribution in [0.5, 0.6) is 0 Å². The molecule has 2 atom stereocenters. The maximum Gasteiger partial charge on any atom is 0.407 e. The number of unbranched alkanes of at least 4 members (excludes halogenated alkanes) is 4. The standard InChI is InChI=1S/C29H39N3O6/c1-19(10-8-6-5-7-9-17-30-28(37)38-29(2,3)4)11-12-20-13-14-21-22(18-20)27(36)32(26(21)35)23-15-16-24(33)31-25(23)34/h11-14,18-19,23H,5-10,15-17H2,1-4H3,(H,30,37)(H,31,33,34)/b12-11+. The molecule has 1 aromatic rings. The molecule has 0 bridgehead atoms. The lowest BCUT2D eigenvalue weighted by Gasteiger charge is -2.27. The number of amides is 5. The first-order valence-corrected chi connectivity index (χ1v) is 13.5. The average Bonchev–Trinajstić information content (AvgIpc) is 3.08. The van der Waals surface area contributed by atoms with Gasteiger partial charge in [0.25, 0.3) is 11.8 Å². The average molecular weight is 526 g/mol. The van der Waals surface area contributed by atoms with Crippen molar-refractivity contribution in [1.29, 1.82) is 0 Å². The van der Waals surface area contributed by atoms with Gasteiger partial charge in [-0.1, -0.05) is 50.8 Å². The summed E-state index contributed by atoms with van der Waals surface area (Å²) in [5.74, 6) is -1.64. The molecule has 2 aliphatic heterocycles. The van der Waals surface area contributed by atoms with Gasteiger partial charge in [0, 0.05) is 13.0 Å². The zero-order valence-electron chi connectivity index (χ0n) is 22.8. The van der Waals surface area contributed by atoms with Crippen LogP contribution >= 0.6 is 0 Å². The van der Waals surface area contributed by atoms with Crippen LogP contribution in [-0.4, -0.2) is 52.8 Å². The Morgan fingerprint density at radius 2 is 1.76 bits per heavy atom. The molecular weight excluding hydrogens is 486 g/mol. The second kappa shape index (κ2) is 12.8. The van der Waals surface area contributed by atoms with E-state index in [-0.39, 0.29) is 30.1 Å². The Morgan fingerprint density at radius 3 is 2.47 bits per heavy atom. The summed E-state index contributed by atoms with van der Waals surface area (Å²) in [6, 6.07) is 4.16. The molecule has 1 fully saturated rings. The van der Waals surface area contributed by atoms with Crippen LogP contribution in [0.3, 0.4) is 0 Å². The van der Waals surface area contributed by atoms with Crippen molar-refractivity contribution in [3.63, 3.8) is 0 Å². The van der Waals surface area contributed by atoms with Gasteiger partial charge in [-0.25, -0.2) is 4.79 Å². The second-order valence-electron chi connectivity index (χ2n) is 11.1. The summed E-state index contributed by atoms with van der Waals surface area (Å²) in [6.45, 7) is 8.30. The number of alkyl carbamates (subject to hydrolysis) is 1. The Bertz CT molecular complexity index is 1100. The van der Waals surface area contributed by atoms with Crippen LogP contribution in [0.1, 0.15) is 105 Å². The first-order chi connectivity index (χ1) is 18.0. The molecule has 1 saturated heterocycles. The van der Waals surface area contributed by atoms with Crippen molar-refractivity contribution in [3.8, 4) is 0 Å². The Labute approximate surface area is 224 Å². The summed E-state index contributed by atoms with van der Waals surface area (Å²) >= 11 is 0. The molecule has 9 heteroatoms. The second-order valence-corrected chi connectivity index (χ2v) is 11.1. The predicted octanol–water partition coefficient (Wildman–Crippen LogP) is 4.60. The zero-order chi connectivity index (χ0) is 27.9. The smallest absolute Gasteiger partial charge is 0.407 e. The molecule has 0 spiro atoms. The number of nitrogens with one attached hydrogen (secondary N) is 2. The van der Waals surface area contributed by atoms with Crippen molar-refractivity contribution in [1.82, 2.24) is 15.5 Å². The molecule has 2 unspecified atom stereocenters. The van der Waals surface area contributed by atoms with Gasteiger partial charge in [-0.2, -0.15) is 0 Å². The Morgan fingerprint density at radius 1 is 1.08 bits per heavy atom. The van der Waals surface area contributed by atoms with Crippen molar-refractivity contribution < 1.29 is 28.7 Å². The van der Waals surface area contributed by atoms with E-state index in [1.54, 1.807) is 18.2 Å². The molecule has 0 saturated carbocycles. The number of ether oxygens (including phenoxy) is 1. The molecule has 2 heterocycles. The number of carbonyl (C=O) groups excluding carboxylic acids is 5. The van der Waals surface area contributed by atoms with Gasteiger partial charge >= 0.3 is 6.09 Å². The monoisotopic (exact) mass is 525 g/mol. The molecule has 3 rings (SSSR count). The fraction of sp³-hybridized carbons (Fsp3) is 0.552. The third-order valence-corrected chi connectivity index (χ3v) is 6.59. The van der Waals surface area contributed by atoms with E-state index in [0.717, 1.165) is 49.0 Å². The molecule has 206 valence electrons. The van der Waals surface area contributed by atoms with E-state index in [9.17, 15) is 24.0 Å².